The van der Waals surface area contributed by atoms with Crippen LogP contribution in [0.15, 0.2) is 5.10 Å². The predicted octanol–water partition coefficient (Wildman–Crippen LogP) is -0.446. The third-order valence-electron chi connectivity index (χ3n) is 0.961. The Hall–Kier alpha value is -1.26. The third-order valence-corrected chi connectivity index (χ3v) is 0.961. The summed E-state index contributed by atoms with van der Waals surface area (Å²) < 4.78 is 4.86. The SMILES string of the molecule is CO/C(=N/N(C)C=O)N(C)C. The molecule has 0 atom stereocenters. The van der Waals surface area contributed by atoms with E-state index in [9.17, 15) is 4.79 Å². The molecule has 64 valence electrons. The van der Waals surface area contributed by atoms with Crippen molar-refractivity contribution in [2.24, 2.45) is 5.10 Å². The molecule has 0 rings (SSSR count). The molecule has 1 amide bonds. The largest absolute Gasteiger partial charge is 0.467 e. The molecule has 0 saturated heterocycles. The van der Waals surface area contributed by atoms with Gasteiger partial charge in [0.2, 0.25) is 6.41 Å². The van der Waals surface area contributed by atoms with E-state index in [4.69, 9.17) is 4.74 Å². The van der Waals surface area contributed by atoms with Crippen molar-refractivity contribution in [3.8, 4) is 0 Å². The van der Waals surface area contributed by atoms with Gasteiger partial charge in [0.25, 0.3) is 0 Å². The fraction of sp³-hybridized carbons (Fsp3) is 0.667. The normalized spacial score (nSPS) is 10.7. The predicted molar refractivity (Wildman–Crippen MR) is 42.0 cm³/mol. The first-order valence-electron chi connectivity index (χ1n) is 3.10. The number of methoxy groups -OCH3 is 1. The fourth-order valence-corrected chi connectivity index (χ4v) is 0.471. The maximum atomic E-state index is 10.1. The third kappa shape index (κ3) is 3.44. The van der Waals surface area contributed by atoms with E-state index in [0.717, 1.165) is 5.01 Å². The molecule has 0 aromatic heterocycles. The number of ether oxygens (including phenoxy) is 1. The topological polar surface area (TPSA) is 45.1 Å². The number of rotatable bonds is 2. The Morgan fingerprint density at radius 2 is 2.00 bits per heavy atom. The maximum absolute atomic E-state index is 10.1. The van der Waals surface area contributed by atoms with E-state index in [0.29, 0.717) is 12.4 Å². The molecule has 0 unspecified atom stereocenters. The lowest BCUT2D eigenvalue weighted by molar-refractivity contribution is -0.117. The zero-order valence-electron chi connectivity index (χ0n) is 7.24. The Balaban J connectivity index is 4.21. The minimum absolute atomic E-state index is 0.389. The molecule has 0 aliphatic rings. The first-order chi connectivity index (χ1) is 5.11. The number of amides is 1. The van der Waals surface area contributed by atoms with Crippen molar-refractivity contribution in [2.45, 2.75) is 0 Å². The monoisotopic (exact) mass is 159 g/mol. The molecular weight excluding hydrogens is 146 g/mol. The molecule has 0 heterocycles. The van der Waals surface area contributed by atoms with Gasteiger partial charge in [0.15, 0.2) is 0 Å². The molecule has 0 radical (unpaired) electrons. The van der Waals surface area contributed by atoms with Crippen LogP contribution in [0, 0.1) is 0 Å². The van der Waals surface area contributed by atoms with Gasteiger partial charge in [-0.15, -0.1) is 5.10 Å². The molecule has 0 fully saturated rings. The van der Waals surface area contributed by atoms with Crippen molar-refractivity contribution >= 4 is 12.4 Å². The average Bonchev–Trinajstić information content (AvgIpc) is 1.99. The van der Waals surface area contributed by atoms with Gasteiger partial charge in [0.05, 0.1) is 7.11 Å². The summed E-state index contributed by atoms with van der Waals surface area (Å²) >= 11 is 0. The number of hydrogen-bond acceptors (Lipinski definition) is 3. The van der Waals surface area contributed by atoms with Gasteiger partial charge in [-0.05, 0) is 0 Å². The van der Waals surface area contributed by atoms with Crippen molar-refractivity contribution in [3.05, 3.63) is 0 Å². The lowest BCUT2D eigenvalue weighted by Gasteiger charge is -2.14. The molecule has 0 bridgehead atoms. The molecule has 5 heteroatoms. The number of hydrazone groups is 1. The summed E-state index contributed by atoms with van der Waals surface area (Å²) in [5, 5.41) is 4.94. The van der Waals surface area contributed by atoms with E-state index >= 15 is 0 Å². The van der Waals surface area contributed by atoms with Gasteiger partial charge >= 0.3 is 6.02 Å². The highest BCUT2D eigenvalue weighted by atomic mass is 16.5. The van der Waals surface area contributed by atoms with Crippen LogP contribution in [-0.2, 0) is 9.53 Å². The summed E-state index contributed by atoms with van der Waals surface area (Å²) in [5.41, 5.74) is 0. The highest BCUT2D eigenvalue weighted by Crippen LogP contribution is 1.86. The zero-order chi connectivity index (χ0) is 8.85. The molecule has 0 N–H and O–H groups in total. The Morgan fingerprint density at radius 3 is 2.27 bits per heavy atom. The molecule has 0 aromatic carbocycles. The number of nitrogens with zero attached hydrogens (tertiary/aromatic N) is 3. The summed E-state index contributed by atoms with van der Waals surface area (Å²) in [6.07, 6.45) is 0.600. The van der Waals surface area contributed by atoms with Crippen LogP contribution in [0.4, 0.5) is 0 Å². The van der Waals surface area contributed by atoms with Crippen LogP contribution >= 0.6 is 0 Å². The Morgan fingerprint density at radius 1 is 1.45 bits per heavy atom. The number of carbonyl (C=O) groups excluding carboxylic acids is 1. The smallest absolute Gasteiger partial charge is 0.308 e. The second-order valence-electron chi connectivity index (χ2n) is 2.16. The molecule has 0 spiro atoms. The van der Waals surface area contributed by atoms with Crippen LogP contribution in [0.3, 0.4) is 0 Å². The van der Waals surface area contributed by atoms with Crippen LogP contribution < -0.4 is 0 Å². The van der Waals surface area contributed by atoms with E-state index < -0.39 is 0 Å². The number of amidine groups is 1. The summed E-state index contributed by atoms with van der Waals surface area (Å²) in [6, 6.07) is 0.389. The van der Waals surface area contributed by atoms with Crippen LogP contribution in [0.2, 0.25) is 0 Å². The minimum atomic E-state index is 0.389. The molecule has 0 aliphatic carbocycles. The summed E-state index contributed by atoms with van der Waals surface area (Å²) in [4.78, 5) is 11.8. The molecule has 0 aliphatic heterocycles. The lowest BCUT2D eigenvalue weighted by Crippen LogP contribution is -2.26. The van der Waals surface area contributed by atoms with Crippen LogP contribution in [0.5, 0.6) is 0 Å². The van der Waals surface area contributed by atoms with E-state index in [-0.39, 0.29) is 0 Å². The van der Waals surface area contributed by atoms with Crippen LogP contribution in [-0.4, -0.2) is 50.6 Å². The molecular formula is C6H13N3O2. The highest BCUT2D eigenvalue weighted by molar-refractivity contribution is 5.73. The van der Waals surface area contributed by atoms with E-state index in [1.54, 1.807) is 19.0 Å². The average molecular weight is 159 g/mol. The lowest BCUT2D eigenvalue weighted by atomic mass is 10.9. The molecule has 5 nitrogen and oxygen atoms in total. The van der Waals surface area contributed by atoms with Crippen molar-refractivity contribution in [1.82, 2.24) is 9.91 Å². The van der Waals surface area contributed by atoms with Gasteiger partial charge < -0.3 is 9.64 Å². The van der Waals surface area contributed by atoms with Crippen molar-refractivity contribution < 1.29 is 9.53 Å². The highest BCUT2D eigenvalue weighted by Gasteiger charge is 2.00. The zero-order valence-corrected chi connectivity index (χ0v) is 7.24. The van der Waals surface area contributed by atoms with Gasteiger partial charge in [0, 0.05) is 21.1 Å². The van der Waals surface area contributed by atoms with E-state index in [2.05, 4.69) is 5.10 Å². The number of carbonyl (C=O) groups is 1. The first kappa shape index (κ1) is 9.74. The second kappa shape index (κ2) is 4.54. The van der Waals surface area contributed by atoms with Crippen LogP contribution in [0.1, 0.15) is 0 Å². The minimum Gasteiger partial charge on any atom is -0.467 e. The number of hydrogen-bond donors (Lipinski definition) is 0. The van der Waals surface area contributed by atoms with Crippen molar-refractivity contribution in [1.29, 1.82) is 0 Å². The fourth-order valence-electron chi connectivity index (χ4n) is 0.471. The van der Waals surface area contributed by atoms with Gasteiger partial charge in [-0.25, -0.2) is 5.01 Å². The summed E-state index contributed by atoms with van der Waals surface area (Å²) in [5.74, 6) is 0. The summed E-state index contributed by atoms with van der Waals surface area (Å²) in [6.45, 7) is 0. The standard InChI is InChI=1S/C6H13N3O2/c1-8(2)6(11-4)7-9(3)5-10/h5H,1-4H3/b7-6+. The van der Waals surface area contributed by atoms with Gasteiger partial charge in [-0.2, -0.15) is 0 Å². The molecule has 0 aromatic rings. The van der Waals surface area contributed by atoms with Crippen LogP contribution in [0.25, 0.3) is 0 Å². The van der Waals surface area contributed by atoms with Gasteiger partial charge in [-0.1, -0.05) is 0 Å². The quantitative estimate of drug-likeness (QED) is 0.237. The van der Waals surface area contributed by atoms with Gasteiger partial charge in [0.1, 0.15) is 0 Å². The van der Waals surface area contributed by atoms with Crippen molar-refractivity contribution in [2.75, 3.05) is 28.3 Å². The van der Waals surface area contributed by atoms with Gasteiger partial charge in [-0.3, -0.25) is 4.79 Å². The Labute approximate surface area is 66.2 Å². The van der Waals surface area contributed by atoms with Crippen molar-refractivity contribution in [3.63, 3.8) is 0 Å². The maximum Gasteiger partial charge on any atom is 0.308 e. The second-order valence-corrected chi connectivity index (χ2v) is 2.16. The first-order valence-corrected chi connectivity index (χ1v) is 3.10. The van der Waals surface area contributed by atoms with E-state index in [1.807, 2.05) is 0 Å². The Kier molecular flexibility index (Phi) is 4.02. The van der Waals surface area contributed by atoms with E-state index in [1.165, 1.54) is 14.2 Å². The Bertz CT molecular complexity index is 156. The summed E-state index contributed by atoms with van der Waals surface area (Å²) in [7, 11) is 6.59. The molecule has 11 heavy (non-hydrogen) atoms. The molecule has 0 saturated carbocycles.